The van der Waals surface area contributed by atoms with E-state index in [4.69, 9.17) is 4.98 Å². The minimum absolute atomic E-state index is 0.247. The van der Waals surface area contributed by atoms with Gasteiger partial charge in [0.1, 0.15) is 23.1 Å². The number of rotatable bonds is 4. The van der Waals surface area contributed by atoms with Gasteiger partial charge in [-0.1, -0.05) is 6.92 Å². The third kappa shape index (κ3) is 3.04. The van der Waals surface area contributed by atoms with Crippen LogP contribution in [-0.2, 0) is 6.42 Å². The Morgan fingerprint density at radius 3 is 2.86 bits per heavy atom. The summed E-state index contributed by atoms with van der Waals surface area (Å²) in [6.07, 6.45) is 9.89. The molecule has 0 N–H and O–H groups in total. The molecule has 29 heavy (non-hydrogen) atoms. The molecule has 1 aliphatic heterocycles. The molecule has 1 saturated heterocycles. The number of fused-ring (bicyclic) bond motifs is 1. The van der Waals surface area contributed by atoms with E-state index in [9.17, 15) is 8.78 Å². The van der Waals surface area contributed by atoms with Crippen LogP contribution in [0.25, 0.3) is 11.3 Å². The van der Waals surface area contributed by atoms with Gasteiger partial charge in [-0.2, -0.15) is 10.2 Å². The molecule has 3 aromatic heterocycles. The van der Waals surface area contributed by atoms with Gasteiger partial charge in [0, 0.05) is 24.5 Å². The number of halogens is 2. The van der Waals surface area contributed by atoms with E-state index in [2.05, 4.69) is 17.1 Å². The second-order valence-electron chi connectivity index (χ2n) is 7.25. The summed E-state index contributed by atoms with van der Waals surface area (Å²) < 4.78 is 31.6. The zero-order valence-corrected chi connectivity index (χ0v) is 16.0. The Balaban J connectivity index is 1.56. The maximum Gasteiger partial charge on any atom is 0.183 e. The molecule has 0 bridgehead atoms. The standard InChI is InChI=1S/C21H20F2N6/c1-2-14-11-24-29(13-14)19-12-25-28-9-7-20(26-21(19)28)27-8-3-4-18(27)16-10-15(22)5-6-17(16)23/h5-7,9-13,18H,2-4,8H2,1H3/t18-/m1/s1. The molecular formula is C21H20F2N6. The third-order valence-corrected chi connectivity index (χ3v) is 5.49. The van der Waals surface area contributed by atoms with Gasteiger partial charge >= 0.3 is 0 Å². The highest BCUT2D eigenvalue weighted by atomic mass is 19.1. The van der Waals surface area contributed by atoms with Crippen molar-refractivity contribution in [1.82, 2.24) is 24.4 Å². The maximum absolute atomic E-state index is 14.4. The summed E-state index contributed by atoms with van der Waals surface area (Å²) in [4.78, 5) is 6.84. The van der Waals surface area contributed by atoms with Gasteiger partial charge in [0.15, 0.2) is 5.65 Å². The molecule has 0 aliphatic carbocycles. The topological polar surface area (TPSA) is 51.3 Å². The SMILES string of the molecule is CCc1cnn(-c2cnn3ccc(N4CCC[C@@H]4c4cc(F)ccc4F)nc23)c1. The Bertz CT molecular complexity index is 1180. The summed E-state index contributed by atoms with van der Waals surface area (Å²) >= 11 is 0. The molecule has 5 rings (SSSR count). The van der Waals surface area contributed by atoms with Gasteiger partial charge in [-0.05, 0) is 49.1 Å². The van der Waals surface area contributed by atoms with Crippen LogP contribution in [0, 0.1) is 11.6 Å². The van der Waals surface area contributed by atoms with Crippen molar-refractivity contribution in [2.75, 3.05) is 11.4 Å². The van der Waals surface area contributed by atoms with Crippen molar-refractivity contribution in [3.05, 3.63) is 71.8 Å². The van der Waals surface area contributed by atoms with E-state index in [1.54, 1.807) is 15.4 Å². The van der Waals surface area contributed by atoms with Crippen molar-refractivity contribution < 1.29 is 8.78 Å². The molecule has 1 fully saturated rings. The lowest BCUT2D eigenvalue weighted by Gasteiger charge is -2.26. The number of hydrogen-bond acceptors (Lipinski definition) is 4. The summed E-state index contributed by atoms with van der Waals surface area (Å²) in [5.74, 6) is -0.105. The Kier molecular flexibility index (Phi) is 4.26. The Hall–Kier alpha value is -3.29. The average Bonchev–Trinajstić information content (AvgIpc) is 3.47. The first-order valence-corrected chi connectivity index (χ1v) is 9.74. The molecule has 4 aromatic rings. The molecule has 4 heterocycles. The fourth-order valence-corrected chi connectivity index (χ4v) is 3.98. The molecule has 0 unspecified atom stereocenters. The van der Waals surface area contributed by atoms with E-state index in [1.807, 2.05) is 29.6 Å². The van der Waals surface area contributed by atoms with Crippen molar-refractivity contribution >= 4 is 11.5 Å². The van der Waals surface area contributed by atoms with Gasteiger partial charge < -0.3 is 4.90 Å². The molecule has 8 heteroatoms. The van der Waals surface area contributed by atoms with Crippen LogP contribution < -0.4 is 4.90 Å². The minimum Gasteiger partial charge on any atom is -0.349 e. The molecule has 1 aliphatic rings. The quantitative estimate of drug-likeness (QED) is 0.523. The van der Waals surface area contributed by atoms with Crippen LogP contribution in [0.3, 0.4) is 0 Å². The lowest BCUT2D eigenvalue weighted by atomic mass is 10.0. The highest BCUT2D eigenvalue weighted by Crippen LogP contribution is 2.37. The predicted octanol–water partition coefficient (Wildman–Crippen LogP) is 4.10. The second kappa shape index (κ2) is 6.95. The zero-order chi connectivity index (χ0) is 20.0. The van der Waals surface area contributed by atoms with Crippen molar-refractivity contribution in [2.24, 2.45) is 0 Å². The first-order valence-electron chi connectivity index (χ1n) is 9.74. The second-order valence-corrected chi connectivity index (χ2v) is 7.25. The van der Waals surface area contributed by atoms with Crippen molar-refractivity contribution in [3.8, 4) is 5.69 Å². The summed E-state index contributed by atoms with van der Waals surface area (Å²) in [5, 5.41) is 8.78. The van der Waals surface area contributed by atoms with E-state index in [0.29, 0.717) is 17.0 Å². The van der Waals surface area contributed by atoms with Gasteiger partial charge in [-0.25, -0.2) is 23.0 Å². The molecule has 0 spiro atoms. The van der Waals surface area contributed by atoms with Crippen molar-refractivity contribution in [2.45, 2.75) is 32.2 Å². The molecule has 1 atom stereocenters. The van der Waals surface area contributed by atoms with Crippen LogP contribution >= 0.6 is 0 Å². The molecule has 6 nitrogen and oxygen atoms in total. The average molecular weight is 394 g/mol. The van der Waals surface area contributed by atoms with E-state index >= 15 is 0 Å². The normalized spacial score (nSPS) is 16.8. The molecule has 0 radical (unpaired) electrons. The first kappa shape index (κ1) is 17.8. The number of hydrogen-bond donors (Lipinski definition) is 0. The molecule has 1 aromatic carbocycles. The summed E-state index contributed by atoms with van der Waals surface area (Å²) in [6.45, 7) is 2.81. The van der Waals surface area contributed by atoms with Crippen LogP contribution in [0.15, 0.2) is 49.1 Å². The maximum atomic E-state index is 14.4. The van der Waals surface area contributed by atoms with E-state index in [-0.39, 0.29) is 6.04 Å². The largest absolute Gasteiger partial charge is 0.349 e. The highest BCUT2D eigenvalue weighted by molar-refractivity contribution is 5.61. The van der Waals surface area contributed by atoms with Crippen LogP contribution in [0.1, 0.15) is 36.9 Å². The Morgan fingerprint density at radius 1 is 1.14 bits per heavy atom. The highest BCUT2D eigenvalue weighted by Gasteiger charge is 2.30. The minimum atomic E-state index is -0.430. The lowest BCUT2D eigenvalue weighted by molar-refractivity contribution is 0.560. The number of nitrogens with zero attached hydrogens (tertiary/aromatic N) is 6. The lowest BCUT2D eigenvalue weighted by Crippen LogP contribution is -2.24. The molecule has 0 saturated carbocycles. The van der Waals surface area contributed by atoms with Crippen LogP contribution in [0.4, 0.5) is 14.6 Å². The summed E-state index contributed by atoms with van der Waals surface area (Å²) in [6, 6.07) is 5.24. The third-order valence-electron chi connectivity index (χ3n) is 5.49. The van der Waals surface area contributed by atoms with Gasteiger partial charge in [-0.3, -0.25) is 0 Å². The molecule has 0 amide bonds. The predicted molar refractivity (Wildman–Crippen MR) is 105 cm³/mol. The van der Waals surface area contributed by atoms with Gasteiger partial charge in [0.25, 0.3) is 0 Å². The fraction of sp³-hybridized carbons (Fsp3) is 0.286. The monoisotopic (exact) mass is 394 g/mol. The smallest absolute Gasteiger partial charge is 0.183 e. The van der Waals surface area contributed by atoms with Gasteiger partial charge in [-0.15, -0.1) is 0 Å². The number of aromatic nitrogens is 5. The van der Waals surface area contributed by atoms with Crippen molar-refractivity contribution in [1.29, 1.82) is 0 Å². The molecular weight excluding hydrogens is 374 g/mol. The number of benzene rings is 1. The van der Waals surface area contributed by atoms with E-state index in [1.165, 1.54) is 12.1 Å². The van der Waals surface area contributed by atoms with E-state index in [0.717, 1.165) is 43.1 Å². The van der Waals surface area contributed by atoms with Crippen LogP contribution in [0.5, 0.6) is 0 Å². The summed E-state index contributed by atoms with van der Waals surface area (Å²) in [5.41, 5.74) is 2.94. The Morgan fingerprint density at radius 2 is 2.03 bits per heavy atom. The number of aryl methyl sites for hydroxylation is 1. The summed E-state index contributed by atoms with van der Waals surface area (Å²) in [7, 11) is 0. The number of anilines is 1. The van der Waals surface area contributed by atoms with Gasteiger partial charge in [0.2, 0.25) is 0 Å². The van der Waals surface area contributed by atoms with E-state index < -0.39 is 11.6 Å². The first-order chi connectivity index (χ1) is 14.1. The molecule has 148 valence electrons. The van der Waals surface area contributed by atoms with Crippen molar-refractivity contribution in [3.63, 3.8) is 0 Å². The Labute approximate surface area is 166 Å². The fourth-order valence-electron chi connectivity index (χ4n) is 3.98. The van der Waals surface area contributed by atoms with Gasteiger partial charge in [0.05, 0.1) is 18.4 Å². The van der Waals surface area contributed by atoms with Crippen LogP contribution in [-0.4, -0.2) is 30.9 Å². The zero-order valence-electron chi connectivity index (χ0n) is 16.0. The van der Waals surface area contributed by atoms with Crippen LogP contribution in [0.2, 0.25) is 0 Å².